The Morgan fingerprint density at radius 3 is 2.59 bits per heavy atom. The van der Waals surface area contributed by atoms with E-state index in [1.807, 2.05) is 32.9 Å². The van der Waals surface area contributed by atoms with Crippen molar-refractivity contribution in [3.63, 3.8) is 0 Å². The van der Waals surface area contributed by atoms with Crippen molar-refractivity contribution >= 4 is 22.4 Å². The number of rotatable bonds is 5. The molecule has 1 atom stereocenters. The molecule has 0 amide bonds. The fourth-order valence-electron chi connectivity index (χ4n) is 1.29. The lowest BCUT2D eigenvalue weighted by Crippen LogP contribution is -2.11. The molecular formula is C12H18BrNO3. The highest BCUT2D eigenvalue weighted by Crippen LogP contribution is 2.21. The molecule has 0 fully saturated rings. The summed E-state index contributed by atoms with van der Waals surface area (Å²) in [5.74, 6) is 0. The highest BCUT2D eigenvalue weighted by molar-refractivity contribution is 9.10. The van der Waals surface area contributed by atoms with Gasteiger partial charge in [0.05, 0.1) is 0 Å². The topological polar surface area (TPSA) is 48.4 Å². The number of hydrogen-bond acceptors (Lipinski definition) is 4. The van der Waals surface area contributed by atoms with E-state index in [-0.39, 0.29) is 12.7 Å². The van der Waals surface area contributed by atoms with E-state index in [0.717, 1.165) is 15.9 Å². The number of nitrogens with zero attached hydrogens (tertiary/aromatic N) is 1. The molecule has 0 aliphatic carbocycles. The third-order valence-corrected chi connectivity index (χ3v) is 2.48. The van der Waals surface area contributed by atoms with Crippen LogP contribution in [0.1, 0.15) is 31.2 Å². The van der Waals surface area contributed by atoms with Gasteiger partial charge in [0.15, 0.2) is 0 Å². The van der Waals surface area contributed by atoms with E-state index in [9.17, 15) is 4.79 Å². The molecule has 0 radical (unpaired) electrons. The standard InChI is InChI=1S/C10H12BrNO3.C2H6/c1-7-8(3-4-10(11)12-7)9(14-2)5-15-6-13;1-2/h3-4,6,9H,5H2,1-2H3;1-2H3. The lowest BCUT2D eigenvalue weighted by atomic mass is 10.1. The third-order valence-electron chi connectivity index (χ3n) is 2.04. The van der Waals surface area contributed by atoms with Crippen LogP contribution in [0.25, 0.3) is 0 Å². The molecule has 1 heterocycles. The van der Waals surface area contributed by atoms with Gasteiger partial charge in [-0.1, -0.05) is 19.9 Å². The van der Waals surface area contributed by atoms with Gasteiger partial charge in [0, 0.05) is 18.4 Å². The minimum absolute atomic E-state index is 0.199. The smallest absolute Gasteiger partial charge is 0.293 e. The van der Waals surface area contributed by atoms with Crippen LogP contribution in [0, 0.1) is 6.92 Å². The van der Waals surface area contributed by atoms with Gasteiger partial charge in [-0.05, 0) is 28.9 Å². The van der Waals surface area contributed by atoms with Crippen molar-refractivity contribution in [2.45, 2.75) is 26.9 Å². The van der Waals surface area contributed by atoms with Gasteiger partial charge < -0.3 is 9.47 Å². The maximum absolute atomic E-state index is 10.1. The SMILES string of the molecule is CC.COC(COC=O)c1ccc(Br)nc1C. The van der Waals surface area contributed by atoms with Crippen LogP contribution in [0.2, 0.25) is 0 Å². The summed E-state index contributed by atoms with van der Waals surface area (Å²) in [5, 5.41) is 0. The number of halogens is 1. The first-order chi connectivity index (χ1) is 8.19. The van der Waals surface area contributed by atoms with E-state index in [2.05, 4.69) is 25.7 Å². The largest absolute Gasteiger partial charge is 0.465 e. The second-order valence-corrected chi connectivity index (χ2v) is 3.77. The van der Waals surface area contributed by atoms with Crippen LogP contribution in [0.3, 0.4) is 0 Å². The normalized spacial score (nSPS) is 11.1. The van der Waals surface area contributed by atoms with Crippen molar-refractivity contribution in [2.75, 3.05) is 13.7 Å². The van der Waals surface area contributed by atoms with Crippen molar-refractivity contribution < 1.29 is 14.3 Å². The molecule has 5 heteroatoms. The Kier molecular flexibility index (Phi) is 8.62. The van der Waals surface area contributed by atoms with Crippen LogP contribution in [0.5, 0.6) is 0 Å². The summed E-state index contributed by atoms with van der Waals surface area (Å²) in [6, 6.07) is 3.73. The maximum atomic E-state index is 10.1. The average molecular weight is 304 g/mol. The van der Waals surface area contributed by atoms with Gasteiger partial charge in [0.1, 0.15) is 17.3 Å². The Hall–Kier alpha value is -0.940. The molecular weight excluding hydrogens is 286 g/mol. The molecule has 17 heavy (non-hydrogen) atoms. The zero-order valence-electron chi connectivity index (χ0n) is 10.6. The van der Waals surface area contributed by atoms with Crippen molar-refractivity contribution in [3.05, 3.63) is 28.0 Å². The highest BCUT2D eigenvalue weighted by atomic mass is 79.9. The number of aromatic nitrogens is 1. The van der Waals surface area contributed by atoms with E-state index >= 15 is 0 Å². The van der Waals surface area contributed by atoms with Gasteiger partial charge in [0.25, 0.3) is 6.47 Å². The molecule has 0 aliphatic rings. The Labute approximate surface area is 110 Å². The van der Waals surface area contributed by atoms with Crippen LogP contribution in [0.15, 0.2) is 16.7 Å². The molecule has 96 valence electrons. The molecule has 1 unspecified atom stereocenters. The Morgan fingerprint density at radius 1 is 1.47 bits per heavy atom. The van der Waals surface area contributed by atoms with Crippen LogP contribution in [0.4, 0.5) is 0 Å². The van der Waals surface area contributed by atoms with Crippen LogP contribution < -0.4 is 0 Å². The van der Waals surface area contributed by atoms with Gasteiger partial charge in [-0.2, -0.15) is 0 Å². The minimum atomic E-state index is -0.268. The van der Waals surface area contributed by atoms with E-state index in [4.69, 9.17) is 4.74 Å². The first-order valence-electron chi connectivity index (χ1n) is 5.40. The molecule has 0 spiro atoms. The summed E-state index contributed by atoms with van der Waals surface area (Å²) in [5.41, 5.74) is 1.77. The molecule has 0 saturated heterocycles. The predicted molar refractivity (Wildman–Crippen MR) is 69.8 cm³/mol. The van der Waals surface area contributed by atoms with Gasteiger partial charge >= 0.3 is 0 Å². The van der Waals surface area contributed by atoms with Gasteiger partial charge in [-0.15, -0.1) is 0 Å². The van der Waals surface area contributed by atoms with Gasteiger partial charge in [-0.3, -0.25) is 4.79 Å². The average Bonchev–Trinajstić information content (AvgIpc) is 2.34. The lowest BCUT2D eigenvalue weighted by molar-refractivity contribution is -0.132. The molecule has 0 aliphatic heterocycles. The summed E-state index contributed by atoms with van der Waals surface area (Å²) >= 11 is 3.28. The zero-order chi connectivity index (χ0) is 13.3. The van der Waals surface area contributed by atoms with Crippen LogP contribution in [-0.2, 0) is 14.3 Å². The number of pyridine rings is 1. The van der Waals surface area contributed by atoms with E-state index in [1.165, 1.54) is 0 Å². The van der Waals surface area contributed by atoms with Crippen LogP contribution in [-0.4, -0.2) is 25.2 Å². The first-order valence-corrected chi connectivity index (χ1v) is 6.19. The quantitative estimate of drug-likeness (QED) is 0.620. The number of carbonyl (C=O) groups excluding carboxylic acids is 1. The molecule has 1 aromatic heterocycles. The van der Waals surface area contributed by atoms with Gasteiger partial charge in [-0.25, -0.2) is 4.98 Å². The summed E-state index contributed by atoms with van der Waals surface area (Å²) in [4.78, 5) is 14.3. The van der Waals surface area contributed by atoms with E-state index in [1.54, 1.807) is 7.11 Å². The number of carbonyl (C=O) groups is 1. The van der Waals surface area contributed by atoms with E-state index < -0.39 is 0 Å². The number of ether oxygens (including phenoxy) is 2. The fourth-order valence-corrected chi connectivity index (χ4v) is 1.69. The summed E-state index contributed by atoms with van der Waals surface area (Å²) < 4.78 is 10.7. The molecule has 0 N–H and O–H groups in total. The Morgan fingerprint density at radius 2 is 2.12 bits per heavy atom. The van der Waals surface area contributed by atoms with Crippen molar-refractivity contribution in [1.29, 1.82) is 0 Å². The monoisotopic (exact) mass is 303 g/mol. The molecule has 4 nitrogen and oxygen atoms in total. The number of hydrogen-bond donors (Lipinski definition) is 0. The highest BCUT2D eigenvalue weighted by Gasteiger charge is 2.14. The predicted octanol–water partition coefficient (Wildman–Crippen LogP) is 3.04. The fraction of sp³-hybridized carbons (Fsp3) is 0.500. The second-order valence-electron chi connectivity index (χ2n) is 2.96. The first kappa shape index (κ1) is 16.1. The molecule has 0 aromatic carbocycles. The van der Waals surface area contributed by atoms with Crippen molar-refractivity contribution in [3.8, 4) is 0 Å². The molecule has 1 aromatic rings. The Bertz CT molecular complexity index is 345. The summed E-state index contributed by atoms with van der Waals surface area (Å²) in [6.07, 6.45) is -0.268. The Balaban J connectivity index is 0.00000121. The maximum Gasteiger partial charge on any atom is 0.293 e. The molecule has 1 rings (SSSR count). The van der Waals surface area contributed by atoms with Crippen LogP contribution >= 0.6 is 15.9 Å². The van der Waals surface area contributed by atoms with Gasteiger partial charge in [0.2, 0.25) is 0 Å². The van der Waals surface area contributed by atoms with Crippen molar-refractivity contribution in [1.82, 2.24) is 4.98 Å². The molecule has 0 saturated carbocycles. The molecule has 0 bridgehead atoms. The van der Waals surface area contributed by atoms with E-state index in [0.29, 0.717) is 6.47 Å². The lowest BCUT2D eigenvalue weighted by Gasteiger charge is -2.16. The number of methoxy groups -OCH3 is 1. The minimum Gasteiger partial charge on any atom is -0.465 e. The second kappa shape index (κ2) is 9.13. The summed E-state index contributed by atoms with van der Waals surface area (Å²) in [7, 11) is 1.57. The number of aryl methyl sites for hydroxylation is 1. The zero-order valence-corrected chi connectivity index (χ0v) is 12.2. The van der Waals surface area contributed by atoms with Crippen molar-refractivity contribution in [2.24, 2.45) is 0 Å². The summed E-state index contributed by atoms with van der Waals surface area (Å²) in [6.45, 7) is 6.49. The third kappa shape index (κ3) is 5.28.